The van der Waals surface area contributed by atoms with E-state index in [0.717, 1.165) is 4.95 Å². The molecule has 0 saturated heterocycles. The zero-order chi connectivity index (χ0) is 10.6. The zero-order valence-electron chi connectivity index (χ0n) is 8.83. The molecular formula is C8H19BrO4Si. The predicted octanol–water partition coefficient (Wildman–Crippen LogP) is 0.117. The summed E-state index contributed by atoms with van der Waals surface area (Å²) in [5.41, 5.74) is 0. The van der Waals surface area contributed by atoms with Crippen LogP contribution in [0.2, 0.25) is 0 Å². The Balaban J connectivity index is 3.44. The van der Waals surface area contributed by atoms with Crippen molar-refractivity contribution >= 4 is 25.4 Å². The van der Waals surface area contributed by atoms with E-state index in [4.69, 9.17) is 18.9 Å². The van der Waals surface area contributed by atoms with Gasteiger partial charge in [-0.3, -0.25) is 0 Å². The highest BCUT2D eigenvalue weighted by molar-refractivity contribution is 9.09. The molecule has 0 aliphatic rings. The fourth-order valence-electron chi connectivity index (χ4n) is 0.830. The third-order valence-electron chi connectivity index (χ3n) is 1.53. The molecule has 0 atom stereocenters. The van der Waals surface area contributed by atoms with Crippen LogP contribution in [0.1, 0.15) is 0 Å². The van der Waals surface area contributed by atoms with Gasteiger partial charge in [-0.2, -0.15) is 0 Å². The molecule has 0 spiro atoms. The van der Waals surface area contributed by atoms with Crippen LogP contribution >= 0.6 is 15.9 Å². The first-order valence-corrected chi connectivity index (χ1v) is 7.56. The van der Waals surface area contributed by atoms with Gasteiger partial charge in [-0.1, -0.05) is 15.9 Å². The van der Waals surface area contributed by atoms with Crippen molar-refractivity contribution in [2.75, 3.05) is 45.6 Å². The van der Waals surface area contributed by atoms with Crippen LogP contribution < -0.4 is 0 Å². The molecule has 0 rings (SSSR count). The number of hydrogen-bond acceptors (Lipinski definition) is 4. The second-order valence-electron chi connectivity index (χ2n) is 2.63. The van der Waals surface area contributed by atoms with E-state index in [1.54, 1.807) is 14.2 Å². The Morgan fingerprint density at radius 3 is 1.86 bits per heavy atom. The number of ether oxygens (including phenoxy) is 4. The van der Waals surface area contributed by atoms with Crippen molar-refractivity contribution in [3.8, 4) is 0 Å². The van der Waals surface area contributed by atoms with E-state index in [0.29, 0.717) is 26.4 Å². The molecule has 0 radical (unpaired) electrons. The molecule has 0 aliphatic heterocycles. The molecule has 0 unspecified atom stereocenters. The second-order valence-corrected chi connectivity index (χ2v) is 6.64. The Morgan fingerprint density at radius 2 is 1.50 bits per heavy atom. The van der Waals surface area contributed by atoms with Crippen LogP contribution in [0.15, 0.2) is 0 Å². The topological polar surface area (TPSA) is 36.9 Å². The van der Waals surface area contributed by atoms with Crippen molar-refractivity contribution in [2.45, 2.75) is 5.91 Å². The van der Waals surface area contributed by atoms with Gasteiger partial charge in [0, 0.05) is 14.2 Å². The molecule has 14 heavy (non-hydrogen) atoms. The minimum absolute atomic E-state index is 0.0281. The standard InChI is InChI=1S/C8H19BrO4Si/c1-10-3-5-12-8(14-7-9)13-6-4-11-2/h8H,3-7,14H2,1-2H3. The summed E-state index contributed by atoms with van der Waals surface area (Å²) in [7, 11) is 2.96. The van der Waals surface area contributed by atoms with E-state index in [-0.39, 0.29) is 15.4 Å². The minimum atomic E-state index is -0.359. The molecular weight excluding hydrogens is 268 g/mol. The van der Waals surface area contributed by atoms with Crippen molar-refractivity contribution in [3.05, 3.63) is 0 Å². The van der Waals surface area contributed by atoms with Gasteiger partial charge in [0.1, 0.15) is 15.4 Å². The lowest BCUT2D eigenvalue weighted by Gasteiger charge is -2.17. The van der Waals surface area contributed by atoms with Crippen LogP contribution in [0, 0.1) is 0 Å². The molecule has 0 fully saturated rings. The van der Waals surface area contributed by atoms with Crippen LogP contribution in [0.4, 0.5) is 0 Å². The molecule has 4 nitrogen and oxygen atoms in total. The Labute approximate surface area is 96.2 Å². The van der Waals surface area contributed by atoms with Gasteiger partial charge in [-0.15, -0.1) is 0 Å². The van der Waals surface area contributed by atoms with Crippen LogP contribution in [-0.2, 0) is 18.9 Å². The average Bonchev–Trinajstić information content (AvgIpc) is 2.18. The smallest absolute Gasteiger partial charge is 0.136 e. The Hall–Kier alpha value is 0.537. The summed E-state index contributed by atoms with van der Waals surface area (Å²) in [6.07, 6.45) is 0. The molecule has 0 aromatic carbocycles. The Kier molecular flexibility index (Phi) is 12.1. The maximum absolute atomic E-state index is 5.50. The van der Waals surface area contributed by atoms with Gasteiger partial charge in [0.2, 0.25) is 0 Å². The maximum Gasteiger partial charge on any atom is 0.136 e. The summed E-state index contributed by atoms with van der Waals surface area (Å²) < 4.78 is 20.8. The first-order chi connectivity index (χ1) is 6.85. The van der Waals surface area contributed by atoms with Crippen molar-refractivity contribution < 1.29 is 18.9 Å². The van der Waals surface area contributed by atoms with Gasteiger partial charge in [0.05, 0.1) is 26.4 Å². The van der Waals surface area contributed by atoms with Crippen LogP contribution in [0.3, 0.4) is 0 Å². The van der Waals surface area contributed by atoms with E-state index >= 15 is 0 Å². The highest BCUT2D eigenvalue weighted by Crippen LogP contribution is 1.95. The summed E-state index contributed by atoms with van der Waals surface area (Å²) in [6.45, 7) is 2.41. The van der Waals surface area contributed by atoms with Crippen LogP contribution in [-0.4, -0.2) is 61.0 Å². The van der Waals surface area contributed by atoms with E-state index in [1.807, 2.05) is 0 Å². The summed E-state index contributed by atoms with van der Waals surface area (Å²) in [6, 6.07) is 0. The van der Waals surface area contributed by atoms with Crippen molar-refractivity contribution in [2.24, 2.45) is 0 Å². The quantitative estimate of drug-likeness (QED) is 0.247. The molecule has 0 aromatic heterocycles. The predicted molar refractivity (Wildman–Crippen MR) is 61.8 cm³/mol. The molecule has 0 N–H and O–H groups in total. The summed E-state index contributed by atoms with van der Waals surface area (Å²) in [4.78, 5) is 0.998. The van der Waals surface area contributed by atoms with Crippen LogP contribution in [0.5, 0.6) is 0 Å². The van der Waals surface area contributed by atoms with Gasteiger partial charge in [0.25, 0.3) is 0 Å². The van der Waals surface area contributed by atoms with E-state index < -0.39 is 0 Å². The Bertz CT molecular complexity index is 108. The SMILES string of the molecule is COCCOC(OCCOC)[SiH2]CBr. The van der Waals surface area contributed by atoms with Crippen molar-refractivity contribution in [1.82, 2.24) is 0 Å². The number of rotatable bonds is 10. The lowest BCUT2D eigenvalue weighted by atomic mass is 10.8. The molecule has 0 amide bonds. The largest absolute Gasteiger partial charge is 0.382 e. The number of methoxy groups -OCH3 is 2. The van der Waals surface area contributed by atoms with Gasteiger partial charge in [-0.05, 0) is 4.95 Å². The maximum atomic E-state index is 5.50. The van der Waals surface area contributed by atoms with E-state index in [1.165, 1.54) is 0 Å². The molecule has 86 valence electrons. The number of halogens is 1. The number of alkyl halides is 1. The third kappa shape index (κ3) is 9.11. The van der Waals surface area contributed by atoms with Crippen LogP contribution in [0.25, 0.3) is 0 Å². The van der Waals surface area contributed by atoms with E-state index in [2.05, 4.69) is 15.9 Å². The van der Waals surface area contributed by atoms with Crippen molar-refractivity contribution in [1.29, 1.82) is 0 Å². The van der Waals surface area contributed by atoms with Crippen molar-refractivity contribution in [3.63, 3.8) is 0 Å². The Morgan fingerprint density at radius 1 is 1.00 bits per heavy atom. The lowest BCUT2D eigenvalue weighted by molar-refractivity contribution is -0.108. The average molecular weight is 287 g/mol. The highest BCUT2D eigenvalue weighted by Gasteiger charge is 2.08. The highest BCUT2D eigenvalue weighted by atomic mass is 79.9. The zero-order valence-corrected chi connectivity index (χ0v) is 11.8. The lowest BCUT2D eigenvalue weighted by Crippen LogP contribution is -2.28. The van der Waals surface area contributed by atoms with E-state index in [9.17, 15) is 0 Å². The molecule has 6 heteroatoms. The summed E-state index contributed by atoms with van der Waals surface area (Å²) in [5.74, 6) is -0.0281. The second kappa shape index (κ2) is 11.6. The van der Waals surface area contributed by atoms with Gasteiger partial charge < -0.3 is 18.9 Å². The van der Waals surface area contributed by atoms with Gasteiger partial charge in [0.15, 0.2) is 0 Å². The first-order valence-electron chi connectivity index (χ1n) is 4.62. The molecule has 0 aromatic rings. The summed E-state index contributed by atoms with van der Waals surface area (Å²) >= 11 is 3.41. The fraction of sp³-hybridized carbons (Fsp3) is 1.00. The molecule has 0 saturated carbocycles. The number of hydrogen-bond donors (Lipinski definition) is 0. The first kappa shape index (κ1) is 14.5. The normalized spacial score (nSPS) is 12.0. The minimum Gasteiger partial charge on any atom is -0.382 e. The van der Waals surface area contributed by atoms with Gasteiger partial charge >= 0.3 is 0 Å². The molecule has 0 bridgehead atoms. The monoisotopic (exact) mass is 286 g/mol. The molecule has 0 aliphatic carbocycles. The fourth-order valence-corrected chi connectivity index (χ4v) is 2.80. The third-order valence-corrected chi connectivity index (χ3v) is 4.06. The van der Waals surface area contributed by atoms with Gasteiger partial charge in [-0.25, -0.2) is 0 Å². The summed E-state index contributed by atoms with van der Waals surface area (Å²) in [5, 5.41) is 0. The molecule has 0 heterocycles.